The minimum Gasteiger partial charge on any atom is -0.497 e. The largest absolute Gasteiger partial charge is 0.497 e. The number of hydrogen-bond donors (Lipinski definition) is 0. The van der Waals surface area contributed by atoms with Crippen molar-refractivity contribution in [1.29, 1.82) is 0 Å². The summed E-state index contributed by atoms with van der Waals surface area (Å²) in [6.07, 6.45) is 0.902. The van der Waals surface area contributed by atoms with E-state index < -0.39 is 5.91 Å². The van der Waals surface area contributed by atoms with Gasteiger partial charge in [0.25, 0.3) is 5.91 Å². The zero-order valence-corrected chi connectivity index (χ0v) is 10.8. The number of ether oxygens (including phenoxy) is 2. The molecule has 0 spiro atoms. The van der Waals surface area contributed by atoms with Gasteiger partial charge in [0.1, 0.15) is 11.5 Å². The zero-order chi connectivity index (χ0) is 13.5. The van der Waals surface area contributed by atoms with Crippen LogP contribution in [0.15, 0.2) is 18.2 Å². The van der Waals surface area contributed by atoms with E-state index >= 15 is 0 Å². The van der Waals surface area contributed by atoms with Gasteiger partial charge >= 0.3 is 0 Å². The van der Waals surface area contributed by atoms with Gasteiger partial charge in [-0.3, -0.25) is 9.59 Å². The van der Waals surface area contributed by atoms with Crippen LogP contribution in [0, 0.1) is 0 Å². The van der Waals surface area contributed by atoms with Gasteiger partial charge in [-0.2, -0.15) is 0 Å². The number of hydrogen-bond acceptors (Lipinski definition) is 4. The highest BCUT2D eigenvalue weighted by Gasteiger charge is 2.10. The lowest BCUT2D eigenvalue weighted by molar-refractivity contribution is -0.137. The standard InChI is InChI=1S/C13H17NO4/c1-14(13(16)9-15)7-6-10-8-11(17-2)4-5-12(10)18-3/h4-5,8-9H,6-7H2,1-3H3. The molecule has 0 unspecified atom stereocenters. The van der Waals surface area contributed by atoms with Crippen LogP contribution in [0.5, 0.6) is 11.5 Å². The summed E-state index contributed by atoms with van der Waals surface area (Å²) in [6, 6.07) is 5.48. The first-order chi connectivity index (χ1) is 8.62. The predicted octanol–water partition coefficient (Wildman–Crippen LogP) is 0.904. The van der Waals surface area contributed by atoms with Crippen molar-refractivity contribution in [1.82, 2.24) is 4.90 Å². The Kier molecular flexibility index (Phi) is 5.17. The minimum atomic E-state index is -0.531. The molecule has 5 heteroatoms. The summed E-state index contributed by atoms with van der Waals surface area (Å²) in [5.41, 5.74) is 0.933. The second-order valence-corrected chi connectivity index (χ2v) is 3.81. The van der Waals surface area contributed by atoms with E-state index in [0.717, 1.165) is 17.1 Å². The number of carbonyl (C=O) groups excluding carboxylic acids is 2. The lowest BCUT2D eigenvalue weighted by atomic mass is 10.1. The maximum absolute atomic E-state index is 11.1. The Morgan fingerprint density at radius 2 is 2.06 bits per heavy atom. The number of aldehydes is 1. The third-order valence-corrected chi connectivity index (χ3v) is 2.68. The molecule has 0 aliphatic rings. The van der Waals surface area contributed by atoms with Crippen molar-refractivity contribution in [3.63, 3.8) is 0 Å². The van der Waals surface area contributed by atoms with Crippen LogP contribution in [-0.4, -0.2) is 44.9 Å². The summed E-state index contributed by atoms with van der Waals surface area (Å²) in [6.45, 7) is 0.446. The minimum absolute atomic E-state index is 0.308. The fraction of sp³-hybridized carbons (Fsp3) is 0.385. The molecule has 0 fully saturated rings. The Morgan fingerprint density at radius 1 is 1.33 bits per heavy atom. The van der Waals surface area contributed by atoms with E-state index in [2.05, 4.69) is 0 Å². The molecule has 1 rings (SSSR count). The quantitative estimate of drug-likeness (QED) is 0.557. The van der Waals surface area contributed by atoms with Gasteiger partial charge in [0, 0.05) is 13.6 Å². The molecule has 0 saturated heterocycles. The first-order valence-electron chi connectivity index (χ1n) is 5.53. The van der Waals surface area contributed by atoms with Gasteiger partial charge in [-0.15, -0.1) is 0 Å². The highest BCUT2D eigenvalue weighted by Crippen LogP contribution is 2.24. The van der Waals surface area contributed by atoms with Gasteiger partial charge in [0.2, 0.25) is 6.29 Å². The number of likely N-dealkylation sites (N-methyl/N-ethyl adjacent to an activating group) is 1. The van der Waals surface area contributed by atoms with Gasteiger partial charge in [-0.25, -0.2) is 0 Å². The molecule has 98 valence electrons. The zero-order valence-electron chi connectivity index (χ0n) is 10.8. The average Bonchev–Trinajstić information content (AvgIpc) is 2.43. The monoisotopic (exact) mass is 251 g/mol. The van der Waals surface area contributed by atoms with Gasteiger partial charge in [-0.1, -0.05) is 0 Å². The molecular formula is C13H17NO4. The molecule has 0 aliphatic carbocycles. The predicted molar refractivity (Wildman–Crippen MR) is 67.0 cm³/mol. The highest BCUT2D eigenvalue weighted by atomic mass is 16.5. The maximum atomic E-state index is 11.1. The third-order valence-electron chi connectivity index (χ3n) is 2.68. The lowest BCUT2D eigenvalue weighted by Crippen LogP contribution is -2.29. The summed E-state index contributed by atoms with van der Waals surface area (Å²) in [5, 5.41) is 0. The molecule has 0 atom stereocenters. The van der Waals surface area contributed by atoms with Crippen LogP contribution in [0.25, 0.3) is 0 Å². The molecule has 0 bridgehead atoms. The molecule has 1 aromatic carbocycles. The first-order valence-corrected chi connectivity index (χ1v) is 5.53. The van der Waals surface area contributed by atoms with Gasteiger partial charge in [0.05, 0.1) is 14.2 Å². The van der Waals surface area contributed by atoms with Crippen molar-refractivity contribution >= 4 is 12.2 Å². The lowest BCUT2D eigenvalue weighted by Gasteiger charge is -2.15. The fourth-order valence-electron chi connectivity index (χ4n) is 1.57. The molecular weight excluding hydrogens is 234 g/mol. The molecule has 0 radical (unpaired) electrons. The average molecular weight is 251 g/mol. The van der Waals surface area contributed by atoms with Gasteiger partial charge in [-0.05, 0) is 30.2 Å². The van der Waals surface area contributed by atoms with E-state index in [-0.39, 0.29) is 0 Å². The molecule has 0 saturated carbocycles. The van der Waals surface area contributed by atoms with E-state index in [4.69, 9.17) is 9.47 Å². The molecule has 0 heterocycles. The molecule has 1 aromatic rings. The van der Waals surface area contributed by atoms with E-state index in [1.54, 1.807) is 21.3 Å². The van der Waals surface area contributed by atoms with Crippen molar-refractivity contribution < 1.29 is 19.1 Å². The molecule has 18 heavy (non-hydrogen) atoms. The van der Waals surface area contributed by atoms with Crippen LogP contribution in [0.3, 0.4) is 0 Å². The second-order valence-electron chi connectivity index (χ2n) is 3.81. The normalized spacial score (nSPS) is 9.72. The fourth-order valence-corrected chi connectivity index (χ4v) is 1.57. The third kappa shape index (κ3) is 3.48. The Balaban J connectivity index is 2.76. The number of methoxy groups -OCH3 is 2. The summed E-state index contributed by atoms with van der Waals surface area (Å²) >= 11 is 0. The van der Waals surface area contributed by atoms with Gasteiger partial charge in [0.15, 0.2) is 0 Å². The summed E-state index contributed by atoms with van der Waals surface area (Å²) in [5.74, 6) is 0.940. The number of nitrogens with zero attached hydrogens (tertiary/aromatic N) is 1. The van der Waals surface area contributed by atoms with Crippen molar-refractivity contribution in [2.45, 2.75) is 6.42 Å². The molecule has 0 aliphatic heterocycles. The van der Waals surface area contributed by atoms with Crippen LogP contribution in [0.4, 0.5) is 0 Å². The van der Waals surface area contributed by atoms with Crippen molar-refractivity contribution in [3.8, 4) is 11.5 Å². The first kappa shape index (κ1) is 14.0. The molecule has 0 aromatic heterocycles. The van der Waals surface area contributed by atoms with Crippen LogP contribution < -0.4 is 9.47 Å². The topological polar surface area (TPSA) is 55.8 Å². The van der Waals surface area contributed by atoms with E-state index in [0.29, 0.717) is 19.3 Å². The Labute approximate surface area is 106 Å². The smallest absolute Gasteiger partial charge is 0.286 e. The number of benzene rings is 1. The van der Waals surface area contributed by atoms with Crippen LogP contribution in [0.2, 0.25) is 0 Å². The maximum Gasteiger partial charge on any atom is 0.286 e. The van der Waals surface area contributed by atoms with Crippen molar-refractivity contribution in [3.05, 3.63) is 23.8 Å². The van der Waals surface area contributed by atoms with Gasteiger partial charge < -0.3 is 14.4 Å². The van der Waals surface area contributed by atoms with Crippen LogP contribution in [0.1, 0.15) is 5.56 Å². The summed E-state index contributed by atoms with van der Waals surface area (Å²) in [7, 11) is 4.77. The summed E-state index contributed by atoms with van der Waals surface area (Å²) < 4.78 is 10.4. The SMILES string of the molecule is COc1ccc(OC)c(CCN(C)C(=O)C=O)c1. The Morgan fingerprint density at radius 3 is 2.61 bits per heavy atom. The Bertz CT molecular complexity index is 431. The second kappa shape index (κ2) is 6.64. The van der Waals surface area contributed by atoms with E-state index in [9.17, 15) is 9.59 Å². The van der Waals surface area contributed by atoms with E-state index in [1.807, 2.05) is 18.2 Å². The molecule has 1 amide bonds. The number of amides is 1. The molecule has 0 N–H and O–H groups in total. The highest BCUT2D eigenvalue weighted by molar-refractivity contribution is 6.23. The van der Waals surface area contributed by atoms with Crippen LogP contribution >= 0.6 is 0 Å². The van der Waals surface area contributed by atoms with Crippen molar-refractivity contribution in [2.75, 3.05) is 27.8 Å². The molecule has 5 nitrogen and oxygen atoms in total. The number of carbonyl (C=O) groups is 2. The number of rotatable bonds is 6. The Hall–Kier alpha value is -2.04. The van der Waals surface area contributed by atoms with Crippen molar-refractivity contribution in [2.24, 2.45) is 0 Å². The summed E-state index contributed by atoms with van der Waals surface area (Å²) in [4.78, 5) is 22.8. The van der Waals surface area contributed by atoms with E-state index in [1.165, 1.54) is 4.90 Å². The van der Waals surface area contributed by atoms with Crippen LogP contribution in [-0.2, 0) is 16.0 Å².